The zero-order valence-electron chi connectivity index (χ0n) is 5.98. The first kappa shape index (κ1) is 8.08. The van der Waals surface area contributed by atoms with Crippen molar-refractivity contribution in [1.82, 2.24) is 0 Å². The van der Waals surface area contributed by atoms with E-state index in [0.29, 0.717) is 0 Å². The molecule has 1 rings (SSSR count). The summed E-state index contributed by atoms with van der Waals surface area (Å²) in [5.41, 5.74) is -0.387. The fourth-order valence-corrected chi connectivity index (χ4v) is 0.858. The van der Waals surface area contributed by atoms with Gasteiger partial charge in [-0.3, -0.25) is 0 Å². The van der Waals surface area contributed by atoms with Crippen LogP contribution in [-0.2, 0) is 0 Å². The van der Waals surface area contributed by atoms with Crippen molar-refractivity contribution in [3.05, 3.63) is 29.3 Å². The van der Waals surface area contributed by atoms with Crippen LogP contribution in [0.25, 0.3) is 0 Å². The summed E-state index contributed by atoms with van der Waals surface area (Å²) in [7, 11) is 0. The van der Waals surface area contributed by atoms with E-state index in [1.165, 1.54) is 18.2 Å². The SMILES string of the molecule is N#Cc1cccc(O)c1C(=O)O. The number of nitrogens with zero attached hydrogens (tertiary/aromatic N) is 1. The Hall–Kier alpha value is -2.02. The summed E-state index contributed by atoms with van der Waals surface area (Å²) in [5.74, 6) is -1.69. The first-order valence-corrected chi connectivity index (χ1v) is 3.12. The molecule has 1 aromatic rings. The lowest BCUT2D eigenvalue weighted by Gasteiger charge is -1.99. The molecule has 0 aliphatic carbocycles. The summed E-state index contributed by atoms with van der Waals surface area (Å²) in [5, 5.41) is 26.1. The molecule has 4 heteroatoms. The van der Waals surface area contributed by atoms with Gasteiger partial charge in [-0.2, -0.15) is 5.26 Å². The van der Waals surface area contributed by atoms with E-state index >= 15 is 0 Å². The van der Waals surface area contributed by atoms with Crippen LogP contribution >= 0.6 is 0 Å². The third-order valence-electron chi connectivity index (χ3n) is 1.38. The number of carbonyl (C=O) groups is 1. The summed E-state index contributed by atoms with van der Waals surface area (Å²) >= 11 is 0. The van der Waals surface area contributed by atoms with Crippen LogP contribution in [0, 0.1) is 11.3 Å². The summed E-state index contributed by atoms with van der Waals surface area (Å²) in [6.45, 7) is 0. The fraction of sp³-hybridized carbons (Fsp3) is 0. The van der Waals surface area contributed by atoms with E-state index in [1.807, 2.05) is 0 Å². The van der Waals surface area contributed by atoms with Gasteiger partial charge in [-0.25, -0.2) is 4.79 Å². The van der Waals surface area contributed by atoms with E-state index in [0.717, 1.165) is 0 Å². The predicted octanol–water partition coefficient (Wildman–Crippen LogP) is 0.962. The van der Waals surface area contributed by atoms with Crippen LogP contribution in [0.4, 0.5) is 0 Å². The van der Waals surface area contributed by atoms with Crippen LogP contribution in [0.1, 0.15) is 15.9 Å². The highest BCUT2D eigenvalue weighted by Gasteiger charge is 2.13. The summed E-state index contributed by atoms with van der Waals surface area (Å²) in [4.78, 5) is 10.5. The van der Waals surface area contributed by atoms with E-state index in [4.69, 9.17) is 15.5 Å². The Balaban J connectivity index is 3.42. The van der Waals surface area contributed by atoms with Crippen LogP contribution < -0.4 is 0 Å². The molecule has 0 fully saturated rings. The molecule has 0 spiro atoms. The quantitative estimate of drug-likeness (QED) is 0.646. The van der Waals surface area contributed by atoms with Crippen LogP contribution in [0.15, 0.2) is 18.2 Å². The third kappa shape index (κ3) is 1.20. The average molecular weight is 163 g/mol. The molecule has 0 unspecified atom stereocenters. The molecule has 0 aromatic heterocycles. The topological polar surface area (TPSA) is 81.3 Å². The van der Waals surface area contributed by atoms with Gasteiger partial charge in [0.05, 0.1) is 5.56 Å². The highest BCUT2D eigenvalue weighted by molar-refractivity contribution is 5.93. The molecule has 0 heterocycles. The summed E-state index contributed by atoms with van der Waals surface area (Å²) in [6.07, 6.45) is 0. The van der Waals surface area contributed by atoms with Crippen molar-refractivity contribution >= 4 is 5.97 Å². The molecule has 2 N–H and O–H groups in total. The number of benzene rings is 1. The predicted molar refractivity (Wildman–Crippen MR) is 39.8 cm³/mol. The average Bonchev–Trinajstić information content (AvgIpc) is 2.03. The molecular formula is C8H5NO3. The van der Waals surface area contributed by atoms with Gasteiger partial charge in [0.15, 0.2) is 0 Å². The lowest BCUT2D eigenvalue weighted by molar-refractivity contribution is 0.0693. The maximum atomic E-state index is 10.5. The van der Waals surface area contributed by atoms with Gasteiger partial charge < -0.3 is 10.2 Å². The summed E-state index contributed by atoms with van der Waals surface area (Å²) < 4.78 is 0. The van der Waals surface area contributed by atoms with Crippen molar-refractivity contribution in [1.29, 1.82) is 5.26 Å². The molecule has 0 saturated carbocycles. The Morgan fingerprint density at radius 3 is 2.58 bits per heavy atom. The first-order valence-electron chi connectivity index (χ1n) is 3.12. The third-order valence-corrected chi connectivity index (χ3v) is 1.38. The maximum absolute atomic E-state index is 10.5. The number of nitriles is 1. The number of hydrogen-bond donors (Lipinski definition) is 2. The van der Waals surface area contributed by atoms with Gasteiger partial charge in [-0.1, -0.05) is 6.07 Å². The number of carboxylic acids is 1. The molecule has 12 heavy (non-hydrogen) atoms. The van der Waals surface area contributed by atoms with Crippen LogP contribution in [0.5, 0.6) is 5.75 Å². The van der Waals surface area contributed by atoms with E-state index in [2.05, 4.69) is 0 Å². The molecule has 0 atom stereocenters. The van der Waals surface area contributed by atoms with E-state index < -0.39 is 5.97 Å². The van der Waals surface area contributed by atoms with Crippen molar-refractivity contribution < 1.29 is 15.0 Å². The smallest absolute Gasteiger partial charge is 0.340 e. The minimum atomic E-state index is -1.30. The van der Waals surface area contributed by atoms with Gasteiger partial charge in [0.25, 0.3) is 0 Å². The lowest BCUT2D eigenvalue weighted by atomic mass is 10.1. The molecule has 4 nitrogen and oxygen atoms in total. The first-order chi connectivity index (χ1) is 5.66. The number of aromatic carboxylic acids is 1. The number of carboxylic acid groups (broad SMARTS) is 1. The zero-order chi connectivity index (χ0) is 9.14. The second kappa shape index (κ2) is 2.93. The number of aromatic hydroxyl groups is 1. The number of phenols is 1. The second-order valence-electron chi connectivity index (χ2n) is 2.12. The Morgan fingerprint density at radius 2 is 2.17 bits per heavy atom. The van der Waals surface area contributed by atoms with Crippen molar-refractivity contribution in [2.24, 2.45) is 0 Å². The molecule has 0 aliphatic heterocycles. The van der Waals surface area contributed by atoms with Gasteiger partial charge in [0.2, 0.25) is 0 Å². The van der Waals surface area contributed by atoms with E-state index in [-0.39, 0.29) is 16.9 Å². The zero-order valence-corrected chi connectivity index (χ0v) is 5.98. The molecular weight excluding hydrogens is 158 g/mol. The number of hydrogen-bond acceptors (Lipinski definition) is 3. The van der Waals surface area contributed by atoms with Crippen molar-refractivity contribution in [2.75, 3.05) is 0 Å². The normalized spacial score (nSPS) is 8.92. The van der Waals surface area contributed by atoms with Gasteiger partial charge in [0, 0.05) is 0 Å². The van der Waals surface area contributed by atoms with Gasteiger partial charge >= 0.3 is 5.97 Å². The van der Waals surface area contributed by atoms with Crippen molar-refractivity contribution in [2.45, 2.75) is 0 Å². The molecule has 1 aromatic carbocycles. The van der Waals surface area contributed by atoms with Gasteiger partial charge in [-0.15, -0.1) is 0 Å². The molecule has 0 amide bonds. The monoisotopic (exact) mass is 163 g/mol. The second-order valence-corrected chi connectivity index (χ2v) is 2.12. The van der Waals surface area contributed by atoms with Crippen LogP contribution in [0.3, 0.4) is 0 Å². The standard InChI is InChI=1S/C8H5NO3/c9-4-5-2-1-3-6(10)7(5)8(11)12/h1-3,10H,(H,11,12). The van der Waals surface area contributed by atoms with E-state index in [1.54, 1.807) is 6.07 Å². The molecule has 60 valence electrons. The summed E-state index contributed by atoms with van der Waals surface area (Å²) in [6, 6.07) is 5.66. The lowest BCUT2D eigenvalue weighted by Crippen LogP contribution is -2.00. The van der Waals surface area contributed by atoms with Crippen LogP contribution in [0.2, 0.25) is 0 Å². The maximum Gasteiger partial charge on any atom is 0.340 e. The van der Waals surface area contributed by atoms with Crippen molar-refractivity contribution in [3.63, 3.8) is 0 Å². The number of rotatable bonds is 1. The largest absolute Gasteiger partial charge is 0.507 e. The van der Waals surface area contributed by atoms with Gasteiger partial charge in [-0.05, 0) is 12.1 Å². The molecule has 0 saturated heterocycles. The Bertz CT molecular complexity index is 365. The fourth-order valence-electron chi connectivity index (χ4n) is 0.858. The minimum absolute atomic E-state index is 0.0394. The van der Waals surface area contributed by atoms with Gasteiger partial charge in [0.1, 0.15) is 17.4 Å². The Morgan fingerprint density at radius 1 is 1.50 bits per heavy atom. The van der Waals surface area contributed by atoms with Crippen molar-refractivity contribution in [3.8, 4) is 11.8 Å². The molecule has 0 radical (unpaired) electrons. The molecule has 0 aliphatic rings. The highest BCUT2D eigenvalue weighted by atomic mass is 16.4. The highest BCUT2D eigenvalue weighted by Crippen LogP contribution is 2.19. The van der Waals surface area contributed by atoms with Crippen LogP contribution in [-0.4, -0.2) is 16.2 Å². The Kier molecular flexibility index (Phi) is 1.97. The van der Waals surface area contributed by atoms with E-state index in [9.17, 15) is 4.79 Å². The Labute approximate surface area is 68.3 Å². The molecule has 0 bridgehead atoms. The minimum Gasteiger partial charge on any atom is -0.507 e.